The topological polar surface area (TPSA) is 78.0 Å². The van der Waals surface area contributed by atoms with Crippen LogP contribution in [0.15, 0.2) is 60.9 Å². The summed E-state index contributed by atoms with van der Waals surface area (Å²) in [6.45, 7) is 0.786. The summed E-state index contributed by atoms with van der Waals surface area (Å²) in [5.41, 5.74) is 3.51. The molecule has 44 heavy (non-hydrogen) atoms. The van der Waals surface area contributed by atoms with Crippen molar-refractivity contribution in [3.8, 4) is 17.2 Å². The Morgan fingerprint density at radius 3 is 2.57 bits per heavy atom. The molecule has 6 rings (SSSR count). The minimum absolute atomic E-state index is 0.00485. The zero-order valence-electron chi connectivity index (χ0n) is 23.4. The van der Waals surface area contributed by atoms with Crippen LogP contribution in [0.2, 0.25) is 0 Å². The van der Waals surface area contributed by atoms with Gasteiger partial charge in [-0.3, -0.25) is 14.4 Å². The van der Waals surface area contributed by atoms with Crippen molar-refractivity contribution < 1.29 is 26.7 Å². The average molecular weight is 627 g/mol. The summed E-state index contributed by atoms with van der Waals surface area (Å²) in [5.74, 6) is -4.70. The summed E-state index contributed by atoms with van der Waals surface area (Å²) in [6, 6.07) is 15.4. The van der Waals surface area contributed by atoms with Crippen LogP contribution < -0.4 is 4.90 Å². The first-order chi connectivity index (χ1) is 21.0. The summed E-state index contributed by atoms with van der Waals surface area (Å²) in [4.78, 5) is 20.7. The van der Waals surface area contributed by atoms with Crippen LogP contribution in [0.25, 0.3) is 11.1 Å². The first kappa shape index (κ1) is 29.9. The standard InChI is InChI=1S/C31H27F5N6OS/c32-30(33)10-12-40(13-11-30)24-8-9-26-27(15-24)44-29(39-26)42(28(43)31(34,35)36)25-3-1-2-21(14-25)18-41-19-23(17-38-41)22-6-4-20(16-37)5-7-22/h1-7,14,17,19,24H,8-13,15,18H2. The van der Waals surface area contributed by atoms with Crippen LogP contribution in [0.1, 0.15) is 41.0 Å². The van der Waals surface area contributed by atoms with Crippen LogP contribution in [0.5, 0.6) is 0 Å². The number of fused-ring (bicyclic) bond motifs is 1. The van der Waals surface area contributed by atoms with E-state index in [9.17, 15) is 26.7 Å². The molecule has 0 spiro atoms. The van der Waals surface area contributed by atoms with Crippen LogP contribution in [-0.4, -0.2) is 56.8 Å². The average Bonchev–Trinajstić information content (AvgIpc) is 3.64. The molecule has 13 heteroatoms. The first-order valence-electron chi connectivity index (χ1n) is 14.1. The van der Waals surface area contributed by atoms with E-state index in [-0.39, 0.29) is 49.3 Å². The fraction of sp³-hybridized carbons (Fsp3) is 0.355. The maximum absolute atomic E-state index is 13.9. The molecule has 1 fully saturated rings. The number of aryl methyl sites for hydroxylation is 1. The molecular weight excluding hydrogens is 599 g/mol. The van der Waals surface area contributed by atoms with Crippen molar-refractivity contribution in [1.82, 2.24) is 19.7 Å². The van der Waals surface area contributed by atoms with E-state index in [0.29, 0.717) is 41.0 Å². The number of aromatic nitrogens is 3. The van der Waals surface area contributed by atoms with Gasteiger partial charge in [0, 0.05) is 48.6 Å². The molecule has 0 saturated carbocycles. The summed E-state index contributed by atoms with van der Waals surface area (Å²) in [5, 5.41) is 13.3. The van der Waals surface area contributed by atoms with Gasteiger partial charge in [0.1, 0.15) is 0 Å². The van der Waals surface area contributed by atoms with Crippen LogP contribution in [0.4, 0.5) is 32.8 Å². The molecular formula is C31H27F5N6OS. The molecule has 0 bridgehead atoms. The normalized spacial score (nSPS) is 18.4. The lowest BCUT2D eigenvalue weighted by Crippen LogP contribution is -2.46. The van der Waals surface area contributed by atoms with E-state index in [1.165, 1.54) is 12.1 Å². The Hall–Kier alpha value is -4.15. The van der Waals surface area contributed by atoms with Crippen LogP contribution in [0.3, 0.4) is 0 Å². The number of likely N-dealkylation sites (tertiary alicyclic amines) is 1. The number of halogens is 5. The number of benzene rings is 2. The molecule has 228 valence electrons. The van der Waals surface area contributed by atoms with Crippen LogP contribution >= 0.6 is 11.3 Å². The maximum Gasteiger partial charge on any atom is 0.472 e. The van der Waals surface area contributed by atoms with Crippen molar-refractivity contribution >= 4 is 28.1 Å². The fourth-order valence-corrected chi connectivity index (χ4v) is 6.92. The third-order valence-electron chi connectivity index (χ3n) is 8.08. The number of thiazole rings is 1. The molecule has 0 N–H and O–H groups in total. The highest BCUT2D eigenvalue weighted by Crippen LogP contribution is 2.40. The summed E-state index contributed by atoms with van der Waals surface area (Å²) in [7, 11) is 0. The Kier molecular flexibility index (Phi) is 7.98. The number of rotatable bonds is 6. The Bertz CT molecular complexity index is 1700. The minimum atomic E-state index is -5.14. The van der Waals surface area contributed by atoms with Gasteiger partial charge < -0.3 is 0 Å². The van der Waals surface area contributed by atoms with Crippen LogP contribution in [0, 0.1) is 11.3 Å². The van der Waals surface area contributed by atoms with Crippen molar-refractivity contribution in [3.63, 3.8) is 0 Å². The second-order valence-corrected chi connectivity index (χ2v) is 12.1. The number of amides is 1. The number of hydrogen-bond acceptors (Lipinski definition) is 6. The van der Waals surface area contributed by atoms with Gasteiger partial charge in [-0.2, -0.15) is 23.5 Å². The molecule has 0 radical (unpaired) electrons. The fourth-order valence-electron chi connectivity index (χ4n) is 5.73. The Morgan fingerprint density at radius 1 is 1.11 bits per heavy atom. The molecule has 2 aromatic heterocycles. The predicted octanol–water partition coefficient (Wildman–Crippen LogP) is 6.74. The molecule has 1 aliphatic heterocycles. The molecule has 7 nitrogen and oxygen atoms in total. The molecule has 3 heterocycles. The number of carbonyl (C=O) groups excluding carboxylic acids is 1. The molecule has 1 aliphatic carbocycles. The number of hydrogen-bond donors (Lipinski definition) is 0. The van der Waals surface area contributed by atoms with E-state index in [4.69, 9.17) is 5.26 Å². The highest BCUT2D eigenvalue weighted by atomic mass is 32.1. The monoisotopic (exact) mass is 626 g/mol. The summed E-state index contributed by atoms with van der Waals surface area (Å²) >= 11 is 1.05. The van der Waals surface area contributed by atoms with Gasteiger partial charge >= 0.3 is 12.1 Å². The number of alkyl halides is 5. The molecule has 2 aromatic carbocycles. The number of nitriles is 1. The van der Waals surface area contributed by atoms with E-state index >= 15 is 0 Å². The first-order valence-corrected chi connectivity index (χ1v) is 14.9. The van der Waals surface area contributed by atoms with Gasteiger partial charge in [-0.25, -0.2) is 18.7 Å². The Labute approximate surface area is 254 Å². The zero-order chi connectivity index (χ0) is 31.1. The number of nitrogens with zero attached hydrogens (tertiary/aromatic N) is 6. The number of carbonyl (C=O) groups is 1. The largest absolute Gasteiger partial charge is 0.472 e. The van der Waals surface area contributed by atoms with Gasteiger partial charge in [0.05, 0.1) is 35.8 Å². The van der Waals surface area contributed by atoms with Crippen molar-refractivity contribution in [2.45, 2.75) is 56.8 Å². The minimum Gasteiger partial charge on any atom is -0.300 e. The van der Waals surface area contributed by atoms with Gasteiger partial charge in [-0.05, 0) is 54.7 Å². The SMILES string of the molecule is N#Cc1ccc(-c2cnn(Cc3cccc(N(C(=O)C(F)(F)F)c4nc5c(s4)CC(N4CCC(F)(F)CC4)CC5)c3)c2)cc1. The lowest BCUT2D eigenvalue weighted by atomic mass is 9.94. The van der Waals surface area contributed by atoms with Crippen LogP contribution in [-0.2, 0) is 24.2 Å². The highest BCUT2D eigenvalue weighted by Gasteiger charge is 2.45. The third kappa shape index (κ3) is 6.37. The third-order valence-corrected chi connectivity index (χ3v) is 9.18. The van der Waals surface area contributed by atoms with Gasteiger partial charge in [0.2, 0.25) is 0 Å². The molecule has 1 unspecified atom stereocenters. The van der Waals surface area contributed by atoms with Crippen molar-refractivity contribution in [1.29, 1.82) is 5.26 Å². The summed E-state index contributed by atoms with van der Waals surface area (Å²) in [6.07, 6.45) is -0.436. The Morgan fingerprint density at radius 2 is 1.86 bits per heavy atom. The maximum atomic E-state index is 13.9. The zero-order valence-corrected chi connectivity index (χ0v) is 24.2. The lowest BCUT2D eigenvalue weighted by molar-refractivity contribution is -0.169. The van der Waals surface area contributed by atoms with Gasteiger partial charge in [-0.15, -0.1) is 11.3 Å². The van der Waals surface area contributed by atoms with Gasteiger partial charge in [0.15, 0.2) is 5.13 Å². The highest BCUT2D eigenvalue weighted by molar-refractivity contribution is 7.16. The molecule has 1 amide bonds. The van der Waals surface area contributed by atoms with E-state index in [0.717, 1.165) is 27.3 Å². The molecule has 2 aliphatic rings. The van der Waals surface area contributed by atoms with Crippen molar-refractivity contribution in [2.24, 2.45) is 0 Å². The van der Waals surface area contributed by atoms with E-state index in [2.05, 4.69) is 16.2 Å². The van der Waals surface area contributed by atoms with Gasteiger partial charge in [0.25, 0.3) is 5.92 Å². The smallest absolute Gasteiger partial charge is 0.300 e. The molecule has 4 aromatic rings. The second-order valence-electron chi connectivity index (χ2n) is 11.1. The summed E-state index contributed by atoms with van der Waals surface area (Å²) < 4.78 is 70.6. The van der Waals surface area contributed by atoms with Gasteiger partial charge in [-0.1, -0.05) is 24.3 Å². The van der Waals surface area contributed by atoms with E-state index in [1.807, 2.05) is 17.0 Å². The lowest BCUT2D eigenvalue weighted by Gasteiger charge is -2.38. The second kappa shape index (κ2) is 11.7. The predicted molar refractivity (Wildman–Crippen MR) is 155 cm³/mol. The number of anilines is 2. The van der Waals surface area contributed by atoms with E-state index < -0.39 is 18.0 Å². The van der Waals surface area contributed by atoms with Crippen molar-refractivity contribution in [2.75, 3.05) is 18.0 Å². The van der Waals surface area contributed by atoms with E-state index in [1.54, 1.807) is 41.3 Å². The Balaban J connectivity index is 1.24. The van der Waals surface area contributed by atoms with Crippen molar-refractivity contribution in [3.05, 3.63) is 82.6 Å². The molecule has 1 saturated heterocycles. The molecule has 1 atom stereocenters. The number of piperidine rings is 1. The quantitative estimate of drug-likeness (QED) is 0.222.